The molecule has 0 radical (unpaired) electrons. The highest BCUT2D eigenvalue weighted by Crippen LogP contribution is 2.13. The topological polar surface area (TPSA) is 63.3 Å². The van der Waals surface area contributed by atoms with Crippen LogP contribution in [0.25, 0.3) is 0 Å². The first kappa shape index (κ1) is 15.4. The number of unbranched alkanes of at least 4 members (excludes halogenated alkanes) is 1. The second-order valence-corrected chi connectivity index (χ2v) is 5.11. The molecule has 0 aliphatic rings. The minimum absolute atomic E-state index is 0.0282. The van der Waals surface area contributed by atoms with Crippen LogP contribution in [0.2, 0.25) is 0 Å². The van der Waals surface area contributed by atoms with E-state index in [1.807, 2.05) is 48.5 Å². The van der Waals surface area contributed by atoms with Gasteiger partial charge in [-0.25, -0.2) is 0 Å². The number of aryl methyl sites for hydroxylation is 1. The maximum absolute atomic E-state index is 12.4. The second-order valence-electron chi connectivity index (χ2n) is 5.11. The van der Waals surface area contributed by atoms with Gasteiger partial charge < -0.3 is 10.8 Å². The summed E-state index contributed by atoms with van der Waals surface area (Å²) in [5, 5.41) is 8.77. The number of aliphatic hydroxyl groups is 1. The van der Waals surface area contributed by atoms with Gasteiger partial charge in [0.05, 0.1) is 0 Å². The number of nitrogens with two attached hydrogens (primary N) is 1. The summed E-state index contributed by atoms with van der Waals surface area (Å²) in [6, 6.07) is 15.1. The normalized spacial score (nSPS) is 10.6. The van der Waals surface area contributed by atoms with Crippen LogP contribution < -0.4 is 5.73 Å². The highest BCUT2D eigenvalue weighted by Gasteiger charge is 2.08. The molecule has 0 aliphatic heterocycles. The molecule has 2 aromatic rings. The highest BCUT2D eigenvalue weighted by atomic mass is 16.2. The van der Waals surface area contributed by atoms with E-state index >= 15 is 0 Å². The molecule has 0 saturated heterocycles. The molecule has 0 atom stereocenters. The summed E-state index contributed by atoms with van der Waals surface area (Å²) in [7, 11) is 0. The molecule has 110 valence electrons. The van der Waals surface area contributed by atoms with Gasteiger partial charge in [-0.3, -0.25) is 4.79 Å². The summed E-state index contributed by atoms with van der Waals surface area (Å²) >= 11 is 0. The Kier molecular flexibility index (Phi) is 5.67. The Hall–Kier alpha value is -1.97. The van der Waals surface area contributed by atoms with Crippen molar-refractivity contribution in [1.29, 1.82) is 0 Å². The fourth-order valence-electron chi connectivity index (χ4n) is 2.22. The predicted octanol–water partition coefficient (Wildman–Crippen LogP) is 2.69. The van der Waals surface area contributed by atoms with Crippen molar-refractivity contribution < 1.29 is 9.90 Å². The van der Waals surface area contributed by atoms with Crippen molar-refractivity contribution in [2.24, 2.45) is 5.73 Å². The molecule has 0 spiro atoms. The lowest BCUT2D eigenvalue weighted by atomic mass is 9.99. The van der Waals surface area contributed by atoms with Crippen LogP contribution in [0.5, 0.6) is 0 Å². The summed E-state index contributed by atoms with van der Waals surface area (Å²) in [5.74, 6) is 0.0282. The lowest BCUT2D eigenvalue weighted by Gasteiger charge is -2.05. The van der Waals surface area contributed by atoms with Crippen molar-refractivity contribution in [3.63, 3.8) is 0 Å². The molecule has 0 amide bonds. The Morgan fingerprint density at radius 1 is 0.857 bits per heavy atom. The zero-order valence-electron chi connectivity index (χ0n) is 12.1. The molecule has 0 fully saturated rings. The molecule has 0 unspecified atom stereocenters. The minimum Gasteiger partial charge on any atom is -0.396 e. The fraction of sp³-hybridized carbons (Fsp3) is 0.278. The number of hydrogen-bond donors (Lipinski definition) is 2. The van der Waals surface area contributed by atoms with Gasteiger partial charge >= 0.3 is 0 Å². The second kappa shape index (κ2) is 7.72. The van der Waals surface area contributed by atoms with Crippen LogP contribution in [0.3, 0.4) is 0 Å². The first-order chi connectivity index (χ1) is 10.2. The molecule has 0 aliphatic carbocycles. The Morgan fingerprint density at radius 3 is 1.86 bits per heavy atom. The van der Waals surface area contributed by atoms with Crippen LogP contribution in [0.4, 0.5) is 0 Å². The van der Waals surface area contributed by atoms with E-state index in [4.69, 9.17) is 10.8 Å². The molecule has 0 bridgehead atoms. The summed E-state index contributed by atoms with van der Waals surface area (Å²) in [5.41, 5.74) is 9.14. The molecule has 2 rings (SSSR count). The molecule has 0 saturated carbocycles. The number of aliphatic hydroxyl groups excluding tert-OH is 1. The summed E-state index contributed by atoms with van der Waals surface area (Å²) < 4.78 is 0. The SMILES string of the molecule is NCc1ccc(C(=O)c2ccc(CCCCO)cc2)cc1. The van der Waals surface area contributed by atoms with E-state index in [1.54, 1.807) is 0 Å². The van der Waals surface area contributed by atoms with E-state index in [-0.39, 0.29) is 12.4 Å². The van der Waals surface area contributed by atoms with Crippen LogP contribution in [-0.2, 0) is 13.0 Å². The van der Waals surface area contributed by atoms with E-state index in [0.29, 0.717) is 17.7 Å². The number of rotatable bonds is 7. The van der Waals surface area contributed by atoms with Gasteiger partial charge in [0.2, 0.25) is 0 Å². The number of benzene rings is 2. The largest absolute Gasteiger partial charge is 0.396 e. The van der Waals surface area contributed by atoms with Crippen molar-refractivity contribution in [2.45, 2.75) is 25.8 Å². The third kappa shape index (κ3) is 4.25. The van der Waals surface area contributed by atoms with E-state index in [9.17, 15) is 4.79 Å². The maximum Gasteiger partial charge on any atom is 0.193 e. The van der Waals surface area contributed by atoms with E-state index in [1.165, 1.54) is 5.56 Å². The molecule has 21 heavy (non-hydrogen) atoms. The molecule has 0 heterocycles. The van der Waals surface area contributed by atoms with E-state index in [0.717, 1.165) is 24.8 Å². The summed E-state index contributed by atoms with van der Waals surface area (Å²) in [6.45, 7) is 0.715. The smallest absolute Gasteiger partial charge is 0.193 e. The Labute approximate surface area is 125 Å². The molecular weight excluding hydrogens is 262 g/mol. The third-order valence-corrected chi connectivity index (χ3v) is 3.54. The first-order valence-corrected chi connectivity index (χ1v) is 7.28. The standard InChI is InChI=1S/C18H21NO2/c19-13-15-6-10-17(11-7-15)18(21)16-8-4-14(5-9-16)3-1-2-12-20/h4-11,20H,1-3,12-13,19H2. The fourth-order valence-corrected chi connectivity index (χ4v) is 2.22. The molecule has 3 heteroatoms. The van der Waals surface area contributed by atoms with Crippen LogP contribution >= 0.6 is 0 Å². The molecular formula is C18H21NO2. The van der Waals surface area contributed by atoms with Crippen molar-refractivity contribution >= 4 is 5.78 Å². The first-order valence-electron chi connectivity index (χ1n) is 7.28. The van der Waals surface area contributed by atoms with Crippen molar-refractivity contribution in [1.82, 2.24) is 0 Å². The van der Waals surface area contributed by atoms with Crippen LogP contribution in [-0.4, -0.2) is 17.5 Å². The van der Waals surface area contributed by atoms with Gasteiger partial charge in [-0.15, -0.1) is 0 Å². The molecule has 0 aromatic heterocycles. The molecule has 3 nitrogen and oxygen atoms in total. The Balaban J connectivity index is 2.04. The Bertz CT molecular complexity index is 573. The summed E-state index contributed by atoms with van der Waals surface area (Å²) in [4.78, 5) is 12.4. The monoisotopic (exact) mass is 283 g/mol. The Morgan fingerprint density at radius 2 is 1.38 bits per heavy atom. The van der Waals surface area contributed by atoms with Crippen molar-refractivity contribution in [3.05, 3.63) is 70.8 Å². The molecule has 2 aromatic carbocycles. The highest BCUT2D eigenvalue weighted by molar-refractivity contribution is 6.08. The van der Waals surface area contributed by atoms with Gasteiger partial charge in [-0.1, -0.05) is 48.5 Å². The summed E-state index contributed by atoms with van der Waals surface area (Å²) in [6.07, 6.45) is 2.71. The lowest BCUT2D eigenvalue weighted by molar-refractivity contribution is 0.103. The minimum atomic E-state index is 0.0282. The van der Waals surface area contributed by atoms with Crippen LogP contribution in [0.15, 0.2) is 48.5 Å². The average Bonchev–Trinajstić information content (AvgIpc) is 2.55. The van der Waals surface area contributed by atoms with Crippen molar-refractivity contribution in [2.75, 3.05) is 6.61 Å². The zero-order chi connectivity index (χ0) is 15.1. The van der Waals surface area contributed by atoms with Gasteiger partial charge in [0, 0.05) is 24.3 Å². The number of hydrogen-bond acceptors (Lipinski definition) is 3. The van der Waals surface area contributed by atoms with E-state index in [2.05, 4.69) is 0 Å². The maximum atomic E-state index is 12.4. The predicted molar refractivity (Wildman–Crippen MR) is 84.2 cm³/mol. The number of carbonyl (C=O) groups is 1. The van der Waals surface area contributed by atoms with Gasteiger partial charge in [-0.05, 0) is 30.4 Å². The van der Waals surface area contributed by atoms with Gasteiger partial charge in [0.25, 0.3) is 0 Å². The number of carbonyl (C=O) groups excluding carboxylic acids is 1. The zero-order valence-corrected chi connectivity index (χ0v) is 12.1. The van der Waals surface area contributed by atoms with Crippen LogP contribution in [0, 0.1) is 0 Å². The van der Waals surface area contributed by atoms with E-state index < -0.39 is 0 Å². The third-order valence-electron chi connectivity index (χ3n) is 3.54. The number of ketones is 1. The van der Waals surface area contributed by atoms with Gasteiger partial charge in [0.15, 0.2) is 5.78 Å². The lowest BCUT2D eigenvalue weighted by Crippen LogP contribution is -2.03. The van der Waals surface area contributed by atoms with Crippen LogP contribution in [0.1, 0.15) is 39.9 Å². The molecule has 3 N–H and O–H groups in total. The van der Waals surface area contributed by atoms with Gasteiger partial charge in [0.1, 0.15) is 0 Å². The quantitative estimate of drug-likeness (QED) is 0.606. The van der Waals surface area contributed by atoms with Gasteiger partial charge in [-0.2, -0.15) is 0 Å². The van der Waals surface area contributed by atoms with Crippen molar-refractivity contribution in [3.8, 4) is 0 Å². The average molecular weight is 283 g/mol.